The molecule has 0 aromatic heterocycles. The van der Waals surface area contributed by atoms with Crippen molar-refractivity contribution in [2.24, 2.45) is 5.73 Å². The number of hydrogen-bond acceptors (Lipinski definition) is 3. The zero-order valence-corrected chi connectivity index (χ0v) is 11.0. The molecule has 0 saturated carbocycles. The minimum absolute atomic E-state index is 0.443. The average Bonchev–Trinajstić information content (AvgIpc) is 2.38. The van der Waals surface area contributed by atoms with Crippen molar-refractivity contribution in [1.82, 2.24) is 5.32 Å². The van der Waals surface area contributed by atoms with Crippen LogP contribution in [0.4, 0.5) is 5.69 Å². The van der Waals surface area contributed by atoms with Crippen LogP contribution >= 0.6 is 11.6 Å². The van der Waals surface area contributed by atoms with Gasteiger partial charge in [-0.15, -0.1) is 0 Å². The van der Waals surface area contributed by atoms with Crippen molar-refractivity contribution in [2.45, 2.75) is 25.3 Å². The van der Waals surface area contributed by atoms with Gasteiger partial charge < -0.3 is 16.4 Å². The first-order valence-electron chi connectivity index (χ1n) is 6.23. The number of nitrogens with two attached hydrogens (primary N) is 1. The number of benzene rings is 1. The van der Waals surface area contributed by atoms with Crippen molar-refractivity contribution in [3.05, 3.63) is 28.8 Å². The van der Waals surface area contributed by atoms with E-state index in [2.05, 4.69) is 10.6 Å². The summed E-state index contributed by atoms with van der Waals surface area (Å²) < 4.78 is 0. The largest absolute Gasteiger partial charge is 0.383 e. The fraction of sp³-hybridized carbons (Fsp3) is 0.462. The third kappa shape index (κ3) is 3.37. The molecule has 1 amide bonds. The Kier molecular flexibility index (Phi) is 4.44. The van der Waals surface area contributed by atoms with Gasteiger partial charge in [0.25, 0.3) is 5.91 Å². The molecular weight excluding hydrogens is 250 g/mol. The smallest absolute Gasteiger partial charge is 0.250 e. The van der Waals surface area contributed by atoms with Crippen LogP contribution in [-0.2, 0) is 0 Å². The second-order valence-electron chi connectivity index (χ2n) is 4.58. The number of rotatable bonds is 4. The molecule has 4 nitrogen and oxygen atoms in total. The van der Waals surface area contributed by atoms with Crippen LogP contribution in [0, 0.1) is 0 Å². The fourth-order valence-corrected chi connectivity index (χ4v) is 2.38. The van der Waals surface area contributed by atoms with Gasteiger partial charge >= 0.3 is 0 Å². The Labute approximate surface area is 112 Å². The first-order valence-corrected chi connectivity index (χ1v) is 6.61. The van der Waals surface area contributed by atoms with Crippen molar-refractivity contribution >= 4 is 23.2 Å². The zero-order valence-electron chi connectivity index (χ0n) is 10.2. The summed E-state index contributed by atoms with van der Waals surface area (Å²) in [6, 6.07) is 5.60. The van der Waals surface area contributed by atoms with E-state index >= 15 is 0 Å². The Morgan fingerprint density at radius 2 is 2.33 bits per heavy atom. The number of anilines is 1. The quantitative estimate of drug-likeness (QED) is 0.782. The number of nitrogens with one attached hydrogen (secondary N) is 2. The molecule has 1 aromatic carbocycles. The van der Waals surface area contributed by atoms with Gasteiger partial charge in [0.15, 0.2) is 0 Å². The van der Waals surface area contributed by atoms with E-state index in [1.807, 2.05) is 0 Å². The lowest BCUT2D eigenvalue weighted by Gasteiger charge is -2.24. The number of hydrogen-bond donors (Lipinski definition) is 3. The number of carbonyl (C=O) groups is 1. The molecule has 2 rings (SSSR count). The molecular formula is C13H18ClN3O. The summed E-state index contributed by atoms with van der Waals surface area (Å²) in [4.78, 5) is 11.3. The Morgan fingerprint density at radius 1 is 1.50 bits per heavy atom. The fourth-order valence-electron chi connectivity index (χ4n) is 2.21. The molecule has 0 aliphatic carbocycles. The average molecular weight is 268 g/mol. The van der Waals surface area contributed by atoms with Crippen LogP contribution in [0.2, 0.25) is 5.02 Å². The van der Waals surface area contributed by atoms with Crippen molar-refractivity contribution in [2.75, 3.05) is 18.4 Å². The Bertz CT molecular complexity index is 430. The Hall–Kier alpha value is -1.26. The van der Waals surface area contributed by atoms with Gasteiger partial charge in [-0.3, -0.25) is 4.79 Å². The van der Waals surface area contributed by atoms with E-state index in [0.717, 1.165) is 25.2 Å². The van der Waals surface area contributed by atoms with Crippen LogP contribution in [-0.4, -0.2) is 25.0 Å². The van der Waals surface area contributed by atoms with Crippen LogP contribution < -0.4 is 16.4 Å². The molecule has 1 aromatic rings. The molecule has 4 N–H and O–H groups in total. The molecule has 1 atom stereocenters. The third-order valence-corrected chi connectivity index (χ3v) is 3.43. The predicted octanol–water partition coefficient (Wildman–Crippen LogP) is 1.99. The van der Waals surface area contributed by atoms with Crippen LogP contribution in [0.15, 0.2) is 18.2 Å². The van der Waals surface area contributed by atoms with Crippen LogP contribution in [0.5, 0.6) is 0 Å². The highest BCUT2D eigenvalue weighted by Crippen LogP contribution is 2.20. The van der Waals surface area contributed by atoms with Crippen molar-refractivity contribution in [3.63, 3.8) is 0 Å². The lowest BCUT2D eigenvalue weighted by molar-refractivity contribution is 0.100. The normalized spacial score (nSPS) is 19.5. The van der Waals surface area contributed by atoms with E-state index in [1.165, 1.54) is 12.8 Å². The highest BCUT2D eigenvalue weighted by atomic mass is 35.5. The van der Waals surface area contributed by atoms with Gasteiger partial charge in [-0.1, -0.05) is 18.0 Å². The third-order valence-electron chi connectivity index (χ3n) is 3.20. The molecule has 5 heteroatoms. The maximum absolute atomic E-state index is 11.3. The number of primary amides is 1. The van der Waals surface area contributed by atoms with Crippen LogP contribution in [0.3, 0.4) is 0 Å². The summed E-state index contributed by atoms with van der Waals surface area (Å²) in [6.45, 7) is 1.86. The summed E-state index contributed by atoms with van der Waals surface area (Å²) in [5.41, 5.74) is 6.53. The van der Waals surface area contributed by atoms with Gasteiger partial charge in [-0.2, -0.15) is 0 Å². The van der Waals surface area contributed by atoms with E-state index < -0.39 is 5.91 Å². The highest BCUT2D eigenvalue weighted by Gasteiger charge is 2.14. The maximum Gasteiger partial charge on any atom is 0.250 e. The number of carbonyl (C=O) groups excluding carboxylic acids is 1. The second-order valence-corrected chi connectivity index (χ2v) is 5.02. The first kappa shape index (κ1) is 13.2. The van der Waals surface area contributed by atoms with E-state index in [0.29, 0.717) is 16.6 Å². The van der Waals surface area contributed by atoms with Crippen molar-refractivity contribution in [3.8, 4) is 0 Å². The lowest BCUT2D eigenvalue weighted by Crippen LogP contribution is -2.39. The number of piperidine rings is 1. The van der Waals surface area contributed by atoms with E-state index in [4.69, 9.17) is 17.3 Å². The lowest BCUT2D eigenvalue weighted by atomic mass is 10.0. The molecule has 98 valence electrons. The molecule has 0 radical (unpaired) electrons. The highest BCUT2D eigenvalue weighted by molar-refractivity contribution is 6.31. The molecule has 1 fully saturated rings. The maximum atomic E-state index is 11.3. The molecule has 1 heterocycles. The van der Waals surface area contributed by atoms with E-state index in [-0.39, 0.29) is 0 Å². The monoisotopic (exact) mass is 267 g/mol. The summed E-state index contributed by atoms with van der Waals surface area (Å²) in [7, 11) is 0. The Balaban J connectivity index is 2.01. The topological polar surface area (TPSA) is 67.2 Å². The SMILES string of the molecule is NC(=O)c1cc(Cl)ccc1NCC1CCCCN1. The second kappa shape index (κ2) is 6.07. The first-order chi connectivity index (χ1) is 8.66. The van der Waals surface area contributed by atoms with Gasteiger partial charge in [-0.25, -0.2) is 0 Å². The molecule has 1 unspecified atom stereocenters. The Morgan fingerprint density at radius 3 is 3.00 bits per heavy atom. The summed E-state index contributed by atoms with van der Waals surface area (Å²) in [5.74, 6) is -0.461. The summed E-state index contributed by atoms with van der Waals surface area (Å²) in [6.07, 6.45) is 3.65. The molecule has 1 aliphatic rings. The standard InChI is InChI=1S/C13H18ClN3O/c14-9-4-5-12(11(7-9)13(15)18)17-8-10-3-1-2-6-16-10/h4-5,7,10,16-17H,1-3,6,8H2,(H2,15,18). The molecule has 1 saturated heterocycles. The molecule has 0 spiro atoms. The van der Waals surface area contributed by atoms with Crippen LogP contribution in [0.25, 0.3) is 0 Å². The summed E-state index contributed by atoms with van der Waals surface area (Å²) >= 11 is 5.86. The molecule has 18 heavy (non-hydrogen) atoms. The van der Waals surface area contributed by atoms with E-state index in [1.54, 1.807) is 18.2 Å². The van der Waals surface area contributed by atoms with Crippen molar-refractivity contribution in [1.29, 1.82) is 0 Å². The minimum Gasteiger partial charge on any atom is -0.383 e. The zero-order chi connectivity index (χ0) is 13.0. The van der Waals surface area contributed by atoms with Gasteiger partial charge in [0.1, 0.15) is 0 Å². The van der Waals surface area contributed by atoms with E-state index in [9.17, 15) is 4.79 Å². The van der Waals surface area contributed by atoms with Gasteiger partial charge in [-0.05, 0) is 37.6 Å². The van der Waals surface area contributed by atoms with Crippen LogP contribution in [0.1, 0.15) is 29.6 Å². The predicted molar refractivity (Wildman–Crippen MR) is 74.1 cm³/mol. The van der Waals surface area contributed by atoms with Gasteiger partial charge in [0, 0.05) is 23.3 Å². The van der Waals surface area contributed by atoms with Gasteiger partial charge in [0.2, 0.25) is 0 Å². The van der Waals surface area contributed by atoms with Gasteiger partial charge in [0.05, 0.1) is 5.56 Å². The minimum atomic E-state index is -0.461. The summed E-state index contributed by atoms with van der Waals surface area (Å²) in [5, 5.41) is 7.23. The number of amides is 1. The molecule has 1 aliphatic heterocycles. The number of halogens is 1. The van der Waals surface area contributed by atoms with Crippen molar-refractivity contribution < 1.29 is 4.79 Å². The molecule has 0 bridgehead atoms.